The zero-order chi connectivity index (χ0) is 18.8. The van der Waals surface area contributed by atoms with Gasteiger partial charge in [-0.05, 0) is 63.4 Å². The zero-order valence-electron chi connectivity index (χ0n) is 15.5. The first-order valence-electron chi connectivity index (χ1n) is 9.88. The molecule has 2 aromatic rings. The molecule has 5 atom stereocenters. The van der Waals surface area contributed by atoms with Crippen LogP contribution in [0.1, 0.15) is 55.8 Å². The molecule has 2 unspecified atom stereocenters. The molecule has 4 aliphatic carbocycles. The van der Waals surface area contributed by atoms with Crippen LogP contribution >= 0.6 is 11.6 Å². The molecule has 5 heteroatoms. The van der Waals surface area contributed by atoms with E-state index in [1.165, 1.54) is 6.42 Å². The van der Waals surface area contributed by atoms with E-state index in [0.29, 0.717) is 23.8 Å². The number of alkyl halides is 1. The van der Waals surface area contributed by atoms with Crippen LogP contribution in [0, 0.1) is 17.3 Å². The number of hydrogen-bond acceptors (Lipinski definition) is 3. The monoisotopic (exact) mass is 385 g/mol. The van der Waals surface area contributed by atoms with Crippen molar-refractivity contribution >= 4 is 34.3 Å². The van der Waals surface area contributed by atoms with E-state index in [2.05, 4.69) is 4.98 Å². The van der Waals surface area contributed by atoms with Gasteiger partial charge < -0.3 is 9.72 Å². The van der Waals surface area contributed by atoms with Crippen molar-refractivity contribution in [3.05, 3.63) is 36.0 Å². The maximum Gasteiger partial charge on any atom is 0.312 e. The molecule has 0 saturated heterocycles. The summed E-state index contributed by atoms with van der Waals surface area (Å²) in [5.74, 6) is 0.667. The molecular weight excluding hydrogens is 362 g/mol. The number of rotatable bonds is 4. The Balaban J connectivity index is 1.36. The first-order valence-corrected chi connectivity index (χ1v) is 10.3. The maximum absolute atomic E-state index is 13.1. The molecule has 142 valence electrons. The van der Waals surface area contributed by atoms with E-state index >= 15 is 0 Å². The second-order valence-corrected chi connectivity index (χ2v) is 9.85. The number of Topliss-reactive ketones (excluding diaryl/α,β-unsaturated/α-hetero) is 1. The lowest BCUT2D eigenvalue weighted by Crippen LogP contribution is -2.56. The lowest BCUT2D eigenvalue weighted by Gasteiger charge is -2.58. The summed E-state index contributed by atoms with van der Waals surface area (Å²) in [7, 11) is 0. The third kappa shape index (κ3) is 2.72. The minimum Gasteiger partial charge on any atom is -0.454 e. The molecule has 6 rings (SSSR count). The summed E-state index contributed by atoms with van der Waals surface area (Å²) in [6, 6.07) is 7.66. The Morgan fingerprint density at radius 3 is 2.59 bits per heavy atom. The van der Waals surface area contributed by atoms with Crippen molar-refractivity contribution in [1.29, 1.82) is 0 Å². The Hall–Kier alpha value is -1.81. The number of nitrogens with one attached hydrogen (secondary N) is 1. The zero-order valence-corrected chi connectivity index (χ0v) is 16.2. The predicted octanol–water partition coefficient (Wildman–Crippen LogP) is 4.86. The van der Waals surface area contributed by atoms with E-state index in [0.717, 1.165) is 36.6 Å². The van der Waals surface area contributed by atoms with Crippen LogP contribution in [0.4, 0.5) is 0 Å². The van der Waals surface area contributed by atoms with Gasteiger partial charge >= 0.3 is 5.97 Å². The highest BCUT2D eigenvalue weighted by molar-refractivity contribution is 6.24. The molecule has 27 heavy (non-hydrogen) atoms. The number of fused-ring (bicyclic) bond motifs is 1. The first kappa shape index (κ1) is 17.3. The standard InChI is InChI=1S/C22H24ClNO3/c1-13(19(25)17-11-24-18-5-3-2-4-16(17)18)27-20(26)21-7-14-6-15(8-21)10-22(23,9-14)12-21/h2-5,11,13-15,24H,6-10,12H2,1H3/t13-,14-,15+,21?,22?/m0/s1. The molecule has 1 aromatic carbocycles. The molecule has 1 N–H and O–H groups in total. The first-order chi connectivity index (χ1) is 12.9. The van der Waals surface area contributed by atoms with Gasteiger partial charge in [0.1, 0.15) is 0 Å². The topological polar surface area (TPSA) is 59.2 Å². The minimum atomic E-state index is -0.795. The van der Waals surface area contributed by atoms with Gasteiger partial charge in [0.05, 0.1) is 5.41 Å². The Morgan fingerprint density at radius 2 is 1.89 bits per heavy atom. The van der Waals surface area contributed by atoms with Crippen LogP contribution in [-0.2, 0) is 9.53 Å². The average Bonchev–Trinajstić information content (AvgIpc) is 3.03. The van der Waals surface area contributed by atoms with E-state index in [9.17, 15) is 9.59 Å². The molecule has 4 nitrogen and oxygen atoms in total. The molecule has 4 aliphatic rings. The van der Waals surface area contributed by atoms with Crippen LogP contribution in [0.2, 0.25) is 0 Å². The number of ketones is 1. The predicted molar refractivity (Wildman–Crippen MR) is 104 cm³/mol. The van der Waals surface area contributed by atoms with Crippen molar-refractivity contribution in [2.24, 2.45) is 17.3 Å². The van der Waals surface area contributed by atoms with Crippen molar-refractivity contribution in [2.45, 2.75) is 56.4 Å². The van der Waals surface area contributed by atoms with Crippen LogP contribution in [0.25, 0.3) is 10.9 Å². The Kier molecular flexibility index (Phi) is 3.74. The SMILES string of the molecule is C[C@H](OC(=O)C12C[C@@H]3C[C@@H](CC(Cl)(C3)C1)C2)C(=O)c1c[nH]c2ccccc12. The summed E-state index contributed by atoms with van der Waals surface area (Å²) in [5, 5.41) is 0.861. The average molecular weight is 386 g/mol. The van der Waals surface area contributed by atoms with Gasteiger partial charge in [-0.25, -0.2) is 0 Å². The number of carbonyl (C=O) groups is 2. The number of aromatic amines is 1. The molecular formula is C22H24ClNO3. The number of halogens is 1. The lowest BCUT2D eigenvalue weighted by molar-refractivity contribution is -0.172. The van der Waals surface area contributed by atoms with Gasteiger partial charge in [0.25, 0.3) is 0 Å². The van der Waals surface area contributed by atoms with Gasteiger partial charge in [-0.1, -0.05) is 18.2 Å². The highest BCUT2D eigenvalue weighted by atomic mass is 35.5. The number of ether oxygens (including phenoxy) is 1. The molecule has 4 fully saturated rings. The number of carbonyl (C=O) groups excluding carboxylic acids is 2. The fraction of sp³-hybridized carbons (Fsp3) is 0.545. The third-order valence-electron chi connectivity index (χ3n) is 6.93. The number of hydrogen-bond donors (Lipinski definition) is 1. The quantitative estimate of drug-likeness (QED) is 0.464. The van der Waals surface area contributed by atoms with Gasteiger partial charge in [0.2, 0.25) is 5.78 Å². The van der Waals surface area contributed by atoms with Crippen molar-refractivity contribution in [3.63, 3.8) is 0 Å². The number of H-pyrrole nitrogens is 1. The van der Waals surface area contributed by atoms with E-state index in [-0.39, 0.29) is 16.6 Å². The Morgan fingerprint density at radius 1 is 1.19 bits per heavy atom. The summed E-state index contributed by atoms with van der Waals surface area (Å²) in [4.78, 5) is 28.9. The van der Waals surface area contributed by atoms with Crippen molar-refractivity contribution in [2.75, 3.05) is 0 Å². The van der Waals surface area contributed by atoms with Gasteiger partial charge in [-0.2, -0.15) is 0 Å². The van der Waals surface area contributed by atoms with Crippen molar-refractivity contribution < 1.29 is 14.3 Å². The second kappa shape index (κ2) is 5.84. The van der Waals surface area contributed by atoms with Crippen LogP contribution in [0.15, 0.2) is 30.5 Å². The number of aromatic nitrogens is 1. The maximum atomic E-state index is 13.1. The van der Waals surface area contributed by atoms with Crippen molar-refractivity contribution in [1.82, 2.24) is 4.98 Å². The summed E-state index contributed by atoms with van der Waals surface area (Å²) in [5.41, 5.74) is 0.996. The number of benzene rings is 1. The van der Waals surface area contributed by atoms with E-state index < -0.39 is 11.5 Å². The van der Waals surface area contributed by atoms with Gasteiger partial charge in [0, 0.05) is 27.5 Å². The molecule has 0 aliphatic heterocycles. The molecule has 0 radical (unpaired) electrons. The summed E-state index contributed by atoms with van der Waals surface area (Å²) < 4.78 is 5.75. The van der Waals surface area contributed by atoms with Crippen LogP contribution in [-0.4, -0.2) is 27.7 Å². The third-order valence-corrected chi connectivity index (χ3v) is 7.37. The van der Waals surface area contributed by atoms with Gasteiger partial charge in [-0.3, -0.25) is 9.59 Å². The fourth-order valence-electron chi connectivity index (χ4n) is 6.22. The molecule has 1 aromatic heterocycles. The fourth-order valence-corrected chi connectivity index (χ4v) is 6.92. The Bertz CT molecular complexity index is 919. The van der Waals surface area contributed by atoms with Crippen LogP contribution in [0.3, 0.4) is 0 Å². The molecule has 1 heterocycles. The molecule has 0 amide bonds. The molecule has 0 spiro atoms. The second-order valence-electron chi connectivity index (χ2n) is 9.05. The van der Waals surface area contributed by atoms with Crippen LogP contribution in [0.5, 0.6) is 0 Å². The number of esters is 1. The summed E-state index contributed by atoms with van der Waals surface area (Å²) >= 11 is 6.83. The highest BCUT2D eigenvalue weighted by Crippen LogP contribution is 2.64. The Labute approximate surface area is 163 Å². The lowest BCUT2D eigenvalue weighted by atomic mass is 9.49. The van der Waals surface area contributed by atoms with E-state index in [1.807, 2.05) is 24.3 Å². The minimum absolute atomic E-state index is 0.161. The highest BCUT2D eigenvalue weighted by Gasteiger charge is 2.61. The molecule has 4 bridgehead atoms. The van der Waals surface area contributed by atoms with Crippen LogP contribution < -0.4 is 0 Å². The summed E-state index contributed by atoms with van der Waals surface area (Å²) in [6.45, 7) is 1.68. The molecule has 4 saturated carbocycles. The van der Waals surface area contributed by atoms with Gasteiger partial charge in [-0.15, -0.1) is 11.6 Å². The number of para-hydroxylation sites is 1. The van der Waals surface area contributed by atoms with Gasteiger partial charge in [0.15, 0.2) is 6.10 Å². The normalized spacial score (nSPS) is 35.3. The van der Waals surface area contributed by atoms with Crippen molar-refractivity contribution in [3.8, 4) is 0 Å². The summed E-state index contributed by atoms with van der Waals surface area (Å²) in [6.07, 6.45) is 6.56. The van der Waals surface area contributed by atoms with E-state index in [1.54, 1.807) is 13.1 Å². The smallest absolute Gasteiger partial charge is 0.312 e. The largest absolute Gasteiger partial charge is 0.454 e. The van der Waals surface area contributed by atoms with E-state index in [4.69, 9.17) is 16.3 Å².